The molecule has 0 aliphatic carbocycles. The number of nitrogens with one attached hydrogen (secondary N) is 2. The van der Waals surface area contributed by atoms with Crippen molar-refractivity contribution in [2.75, 3.05) is 5.32 Å². The van der Waals surface area contributed by atoms with E-state index >= 15 is 0 Å². The lowest BCUT2D eigenvalue weighted by atomic mass is 10.2. The van der Waals surface area contributed by atoms with Crippen LogP contribution in [-0.2, 0) is 11.3 Å². The summed E-state index contributed by atoms with van der Waals surface area (Å²) in [7, 11) is 0. The molecule has 2 N–H and O–H groups in total. The van der Waals surface area contributed by atoms with Crippen molar-refractivity contribution >= 4 is 33.7 Å². The number of nitrogens with zero attached hydrogens (tertiary/aromatic N) is 3. The fraction of sp³-hybridized carbons (Fsp3) is 0.0500. The molecule has 5 rings (SSSR count). The lowest BCUT2D eigenvalue weighted by molar-refractivity contribution is -0.116. The van der Waals surface area contributed by atoms with Crippen molar-refractivity contribution in [1.82, 2.24) is 19.7 Å². The Bertz CT molecular complexity index is 1520. The Morgan fingerprint density at radius 2 is 2.00 bits per heavy atom. The minimum Gasteiger partial charge on any atom is -0.448 e. The molecule has 0 aliphatic rings. The number of furan rings is 1. The van der Waals surface area contributed by atoms with Gasteiger partial charge in [0.2, 0.25) is 11.5 Å². The highest BCUT2D eigenvalue weighted by atomic mass is 16.5. The van der Waals surface area contributed by atoms with Crippen molar-refractivity contribution in [1.29, 1.82) is 0 Å². The number of aromatic amines is 1. The first kappa shape index (κ1) is 17.6. The van der Waals surface area contributed by atoms with E-state index in [4.69, 9.17) is 4.42 Å². The lowest BCUT2D eigenvalue weighted by Gasteiger charge is -2.08. The Morgan fingerprint density at radius 3 is 2.83 bits per heavy atom. The summed E-state index contributed by atoms with van der Waals surface area (Å²) < 4.78 is 11.3. The molecule has 2 aromatic carbocycles. The summed E-state index contributed by atoms with van der Waals surface area (Å²) in [5.41, 5.74) is 1.70. The van der Waals surface area contributed by atoms with E-state index in [0.717, 1.165) is 5.39 Å². The highest BCUT2D eigenvalue weighted by Gasteiger charge is 2.15. The number of H-pyrrole nitrogens is 1. The van der Waals surface area contributed by atoms with Crippen LogP contribution in [0.4, 0.5) is 5.69 Å². The zero-order valence-electron chi connectivity index (χ0n) is 15.3. The van der Waals surface area contributed by atoms with E-state index in [-0.39, 0.29) is 18.0 Å². The topological polar surface area (TPSA) is 136 Å². The summed E-state index contributed by atoms with van der Waals surface area (Å²) in [6.45, 7) is -0.246. The predicted molar refractivity (Wildman–Crippen MR) is 107 cm³/mol. The number of amides is 1. The van der Waals surface area contributed by atoms with Crippen LogP contribution in [0.1, 0.15) is 0 Å². The number of hydrogen-bond donors (Lipinski definition) is 2. The van der Waals surface area contributed by atoms with Gasteiger partial charge in [0.25, 0.3) is 5.56 Å². The zero-order chi connectivity index (χ0) is 20.7. The molecule has 30 heavy (non-hydrogen) atoms. The largest absolute Gasteiger partial charge is 0.448 e. The van der Waals surface area contributed by atoms with Gasteiger partial charge in [0.1, 0.15) is 17.6 Å². The minimum atomic E-state index is -0.674. The van der Waals surface area contributed by atoms with E-state index in [9.17, 15) is 14.4 Å². The third-order valence-electron chi connectivity index (χ3n) is 4.52. The quantitative estimate of drug-likeness (QED) is 0.469. The maximum atomic E-state index is 12.7. The van der Waals surface area contributed by atoms with Crippen LogP contribution in [0.5, 0.6) is 0 Å². The number of aromatic nitrogens is 4. The van der Waals surface area contributed by atoms with Gasteiger partial charge >= 0.3 is 5.76 Å². The van der Waals surface area contributed by atoms with E-state index in [2.05, 4.69) is 25.0 Å². The second-order valence-corrected chi connectivity index (χ2v) is 6.53. The SMILES string of the molecule is O=C(Cn1cnc2c(oc3ccccc32)c1=O)Nc1cccc(-c2noc(=O)[nH]2)c1. The second kappa shape index (κ2) is 6.85. The van der Waals surface area contributed by atoms with Gasteiger partial charge in [0.05, 0.1) is 6.33 Å². The molecule has 0 radical (unpaired) electrons. The van der Waals surface area contributed by atoms with Crippen LogP contribution in [0.25, 0.3) is 33.5 Å². The van der Waals surface area contributed by atoms with E-state index in [1.165, 1.54) is 10.9 Å². The summed E-state index contributed by atoms with van der Waals surface area (Å²) in [5.74, 6) is -0.862. The molecule has 0 spiro atoms. The molecule has 0 unspecified atom stereocenters. The molecule has 0 atom stereocenters. The molecule has 10 heteroatoms. The van der Waals surface area contributed by atoms with Crippen molar-refractivity contribution in [3.63, 3.8) is 0 Å². The summed E-state index contributed by atoms with van der Waals surface area (Å²) in [6.07, 6.45) is 1.32. The number of benzene rings is 2. The Balaban J connectivity index is 1.40. The Labute approximate surface area is 166 Å². The predicted octanol–water partition coefficient (Wildman–Crippen LogP) is 2.12. The van der Waals surface area contributed by atoms with Crippen LogP contribution in [0, 0.1) is 0 Å². The number of para-hydroxylation sites is 1. The van der Waals surface area contributed by atoms with Gasteiger partial charge < -0.3 is 9.73 Å². The molecule has 3 heterocycles. The molecular formula is C20H13N5O5. The van der Waals surface area contributed by atoms with Crippen LogP contribution in [0.3, 0.4) is 0 Å². The number of rotatable bonds is 4. The maximum absolute atomic E-state index is 12.7. The third-order valence-corrected chi connectivity index (χ3v) is 4.52. The number of carbonyl (C=O) groups excluding carboxylic acids is 1. The van der Waals surface area contributed by atoms with Gasteiger partial charge in [-0.3, -0.25) is 23.7 Å². The van der Waals surface area contributed by atoms with Gasteiger partial charge in [-0.2, -0.15) is 0 Å². The average Bonchev–Trinajstić information content (AvgIpc) is 3.34. The van der Waals surface area contributed by atoms with Crippen molar-refractivity contribution in [3.05, 3.63) is 75.8 Å². The van der Waals surface area contributed by atoms with E-state index in [1.807, 2.05) is 12.1 Å². The highest BCUT2D eigenvalue weighted by Crippen LogP contribution is 2.24. The van der Waals surface area contributed by atoms with E-state index < -0.39 is 17.2 Å². The Hall–Kier alpha value is -4.47. The van der Waals surface area contributed by atoms with Crippen molar-refractivity contribution in [2.24, 2.45) is 0 Å². The van der Waals surface area contributed by atoms with Gasteiger partial charge in [-0.25, -0.2) is 9.78 Å². The minimum absolute atomic E-state index is 0.100. The van der Waals surface area contributed by atoms with Gasteiger partial charge in [0, 0.05) is 16.6 Å². The zero-order valence-corrected chi connectivity index (χ0v) is 15.3. The van der Waals surface area contributed by atoms with Gasteiger partial charge in [-0.1, -0.05) is 29.4 Å². The lowest BCUT2D eigenvalue weighted by Crippen LogP contribution is -2.27. The summed E-state index contributed by atoms with van der Waals surface area (Å²) in [4.78, 5) is 43.0. The number of anilines is 1. The van der Waals surface area contributed by atoms with E-state index in [1.54, 1.807) is 36.4 Å². The molecule has 148 valence electrons. The molecule has 0 saturated carbocycles. The second-order valence-electron chi connectivity index (χ2n) is 6.53. The van der Waals surface area contributed by atoms with Crippen molar-refractivity contribution < 1.29 is 13.7 Å². The smallest absolute Gasteiger partial charge is 0.439 e. The molecule has 0 saturated heterocycles. The molecule has 1 amide bonds. The Kier molecular flexibility index (Phi) is 4.02. The first-order chi connectivity index (χ1) is 14.6. The van der Waals surface area contributed by atoms with Crippen LogP contribution in [0.2, 0.25) is 0 Å². The average molecular weight is 403 g/mol. The van der Waals surface area contributed by atoms with Gasteiger partial charge in [0.15, 0.2) is 5.82 Å². The molecule has 5 aromatic rings. The first-order valence-corrected chi connectivity index (χ1v) is 8.91. The monoisotopic (exact) mass is 403 g/mol. The molecule has 10 nitrogen and oxygen atoms in total. The molecule has 0 bridgehead atoms. The maximum Gasteiger partial charge on any atom is 0.439 e. The number of carbonyl (C=O) groups is 1. The van der Waals surface area contributed by atoms with Crippen LogP contribution >= 0.6 is 0 Å². The van der Waals surface area contributed by atoms with Gasteiger partial charge in [-0.15, -0.1) is 0 Å². The molecule has 3 aromatic heterocycles. The number of hydrogen-bond acceptors (Lipinski definition) is 7. The normalized spacial score (nSPS) is 11.2. The van der Waals surface area contributed by atoms with Crippen molar-refractivity contribution in [2.45, 2.75) is 6.54 Å². The standard InChI is InChI=1S/C20H13N5O5/c26-15(22-12-5-3-4-11(8-12)18-23-20(28)30-24-18)9-25-10-21-16-13-6-1-2-7-14(13)29-17(16)19(25)27/h1-8,10H,9H2,(H,22,26)(H,23,24,28). The Morgan fingerprint density at radius 1 is 1.13 bits per heavy atom. The third kappa shape index (κ3) is 3.05. The fourth-order valence-corrected chi connectivity index (χ4v) is 3.18. The molecule has 0 fully saturated rings. The summed E-state index contributed by atoms with van der Waals surface area (Å²) in [6, 6.07) is 13.9. The fourth-order valence-electron chi connectivity index (χ4n) is 3.18. The summed E-state index contributed by atoms with van der Waals surface area (Å²) in [5, 5.41) is 7.05. The molecular weight excluding hydrogens is 390 g/mol. The molecule has 0 aliphatic heterocycles. The summed E-state index contributed by atoms with van der Waals surface area (Å²) >= 11 is 0. The van der Waals surface area contributed by atoms with Crippen LogP contribution in [-0.4, -0.2) is 25.6 Å². The number of fused-ring (bicyclic) bond motifs is 3. The van der Waals surface area contributed by atoms with E-state index in [0.29, 0.717) is 22.4 Å². The van der Waals surface area contributed by atoms with Gasteiger partial charge in [-0.05, 0) is 24.3 Å². The highest BCUT2D eigenvalue weighted by molar-refractivity contribution is 6.01. The van der Waals surface area contributed by atoms with Crippen LogP contribution < -0.4 is 16.6 Å². The van der Waals surface area contributed by atoms with Crippen LogP contribution in [0.15, 0.2) is 73.4 Å². The first-order valence-electron chi connectivity index (χ1n) is 8.91. The van der Waals surface area contributed by atoms with Crippen molar-refractivity contribution in [3.8, 4) is 11.4 Å².